The predicted octanol–water partition coefficient (Wildman–Crippen LogP) is 2.12. The molecule has 0 bridgehead atoms. The minimum absolute atomic E-state index is 0.0231. The summed E-state index contributed by atoms with van der Waals surface area (Å²) >= 11 is 1.56. The molecule has 0 aromatic carbocycles. The molecule has 1 aliphatic heterocycles. The molecule has 1 fully saturated rings. The first kappa shape index (κ1) is 11.6. The molecule has 0 aromatic heterocycles. The molecule has 1 atom stereocenters. The zero-order valence-corrected chi connectivity index (χ0v) is 10.3. The van der Waals surface area contributed by atoms with Crippen LogP contribution in [0.25, 0.3) is 0 Å². The average Bonchev–Trinajstić information content (AvgIpc) is 2.26. The van der Waals surface area contributed by atoms with Crippen molar-refractivity contribution in [3.8, 4) is 0 Å². The van der Waals surface area contributed by atoms with Crippen LogP contribution >= 0.6 is 11.8 Å². The number of hydrogen-bond donors (Lipinski definition) is 0. The number of amidine groups is 1. The minimum Gasteiger partial charge on any atom is -0.288 e. The van der Waals surface area contributed by atoms with E-state index in [1.165, 1.54) is 0 Å². The number of nitrogens with zero attached hydrogens (tertiary/aromatic N) is 2. The second kappa shape index (κ2) is 4.34. The van der Waals surface area contributed by atoms with Crippen LogP contribution in [0.4, 0.5) is 0 Å². The standard InChI is InChI=1S/C10H18N2OS/c1-6(2)11-10-12(7(3)4)9(13)8(5)14-10/h6-8H,1-5H3. The van der Waals surface area contributed by atoms with E-state index in [-0.39, 0.29) is 23.2 Å². The fourth-order valence-corrected chi connectivity index (χ4v) is 2.56. The topological polar surface area (TPSA) is 32.7 Å². The summed E-state index contributed by atoms with van der Waals surface area (Å²) in [5, 5.41) is 0.905. The number of rotatable bonds is 2. The summed E-state index contributed by atoms with van der Waals surface area (Å²) in [5.74, 6) is 0.185. The monoisotopic (exact) mass is 214 g/mol. The molecule has 1 heterocycles. The molecule has 1 rings (SSSR count). The average molecular weight is 214 g/mol. The van der Waals surface area contributed by atoms with Gasteiger partial charge in [-0.25, -0.2) is 0 Å². The normalized spacial score (nSPS) is 25.9. The van der Waals surface area contributed by atoms with Crippen LogP contribution < -0.4 is 0 Å². The van der Waals surface area contributed by atoms with Crippen molar-refractivity contribution in [1.29, 1.82) is 0 Å². The Labute approximate surface area is 90.0 Å². The van der Waals surface area contributed by atoms with Crippen LogP contribution in [0.15, 0.2) is 4.99 Å². The van der Waals surface area contributed by atoms with Gasteiger partial charge in [-0.3, -0.25) is 14.7 Å². The number of amides is 1. The van der Waals surface area contributed by atoms with Crippen molar-refractivity contribution in [3.05, 3.63) is 0 Å². The molecule has 0 aromatic rings. The van der Waals surface area contributed by atoms with Crippen LogP contribution in [0, 0.1) is 0 Å². The van der Waals surface area contributed by atoms with Gasteiger partial charge in [0.15, 0.2) is 5.17 Å². The van der Waals surface area contributed by atoms with E-state index in [9.17, 15) is 4.79 Å². The quantitative estimate of drug-likeness (QED) is 0.705. The van der Waals surface area contributed by atoms with Crippen LogP contribution in [0.5, 0.6) is 0 Å². The lowest BCUT2D eigenvalue weighted by Gasteiger charge is -2.20. The molecule has 1 amide bonds. The third kappa shape index (κ3) is 2.29. The van der Waals surface area contributed by atoms with Crippen LogP contribution in [0.3, 0.4) is 0 Å². The van der Waals surface area contributed by atoms with Gasteiger partial charge < -0.3 is 0 Å². The van der Waals surface area contributed by atoms with Crippen LogP contribution in [-0.4, -0.2) is 33.3 Å². The van der Waals surface area contributed by atoms with Crippen molar-refractivity contribution in [2.75, 3.05) is 0 Å². The smallest absolute Gasteiger partial charge is 0.242 e. The summed E-state index contributed by atoms with van der Waals surface area (Å²) in [6.07, 6.45) is 0. The van der Waals surface area contributed by atoms with Crippen LogP contribution in [0.2, 0.25) is 0 Å². The van der Waals surface area contributed by atoms with E-state index < -0.39 is 0 Å². The molecular formula is C10H18N2OS. The summed E-state index contributed by atoms with van der Waals surface area (Å²) in [7, 11) is 0. The van der Waals surface area contributed by atoms with E-state index in [0.29, 0.717) is 0 Å². The van der Waals surface area contributed by atoms with Crippen LogP contribution in [0.1, 0.15) is 34.6 Å². The third-order valence-corrected chi connectivity index (χ3v) is 3.03. The Kier molecular flexibility index (Phi) is 3.59. The molecule has 1 unspecified atom stereocenters. The SMILES string of the molecule is CC(C)N=C1SC(C)C(=O)N1C(C)C. The highest BCUT2D eigenvalue weighted by Crippen LogP contribution is 2.28. The third-order valence-electron chi connectivity index (χ3n) is 1.96. The molecule has 0 spiro atoms. The summed E-state index contributed by atoms with van der Waals surface area (Å²) in [4.78, 5) is 18.0. The number of carbonyl (C=O) groups is 1. The van der Waals surface area contributed by atoms with Gasteiger partial charge in [0, 0.05) is 12.1 Å². The lowest BCUT2D eigenvalue weighted by atomic mass is 10.3. The molecule has 0 radical (unpaired) electrons. The van der Waals surface area contributed by atoms with E-state index >= 15 is 0 Å². The largest absolute Gasteiger partial charge is 0.288 e. The second-order valence-corrected chi connectivity index (χ2v) is 5.38. The van der Waals surface area contributed by atoms with E-state index in [1.54, 1.807) is 16.7 Å². The molecular weight excluding hydrogens is 196 g/mol. The predicted molar refractivity (Wildman–Crippen MR) is 61.6 cm³/mol. The van der Waals surface area contributed by atoms with E-state index in [4.69, 9.17) is 0 Å². The zero-order chi connectivity index (χ0) is 10.9. The molecule has 80 valence electrons. The highest BCUT2D eigenvalue weighted by atomic mass is 32.2. The highest BCUT2D eigenvalue weighted by Gasteiger charge is 2.36. The summed E-state index contributed by atoms with van der Waals surface area (Å²) < 4.78 is 0. The zero-order valence-electron chi connectivity index (χ0n) is 9.44. The minimum atomic E-state index is 0.0231. The first-order valence-electron chi connectivity index (χ1n) is 5.01. The molecule has 0 aliphatic carbocycles. The van der Waals surface area contributed by atoms with Gasteiger partial charge in [0.25, 0.3) is 0 Å². The first-order chi connectivity index (χ1) is 6.43. The van der Waals surface area contributed by atoms with Gasteiger partial charge in [-0.1, -0.05) is 11.8 Å². The van der Waals surface area contributed by atoms with Crippen molar-refractivity contribution in [2.45, 2.75) is 52.0 Å². The fourth-order valence-electron chi connectivity index (χ4n) is 1.34. The van der Waals surface area contributed by atoms with Gasteiger partial charge in [-0.2, -0.15) is 0 Å². The number of hydrogen-bond acceptors (Lipinski definition) is 3. The second-order valence-electron chi connectivity index (χ2n) is 4.07. The van der Waals surface area contributed by atoms with Gasteiger partial charge in [0.2, 0.25) is 5.91 Å². The first-order valence-corrected chi connectivity index (χ1v) is 5.89. The van der Waals surface area contributed by atoms with Gasteiger partial charge in [-0.15, -0.1) is 0 Å². The maximum atomic E-state index is 11.8. The molecule has 1 saturated heterocycles. The fraction of sp³-hybridized carbons (Fsp3) is 0.800. The lowest BCUT2D eigenvalue weighted by molar-refractivity contribution is -0.126. The van der Waals surface area contributed by atoms with Crippen molar-refractivity contribution in [1.82, 2.24) is 4.90 Å². The summed E-state index contributed by atoms with van der Waals surface area (Å²) in [6, 6.07) is 0.453. The maximum absolute atomic E-state index is 11.8. The van der Waals surface area contributed by atoms with Crippen LogP contribution in [-0.2, 0) is 4.79 Å². The Morgan fingerprint density at radius 2 is 1.93 bits per heavy atom. The van der Waals surface area contributed by atoms with Crippen molar-refractivity contribution < 1.29 is 4.79 Å². The molecule has 4 heteroatoms. The number of carbonyl (C=O) groups excluding carboxylic acids is 1. The Morgan fingerprint density at radius 3 is 2.36 bits per heavy atom. The Morgan fingerprint density at radius 1 is 1.36 bits per heavy atom. The van der Waals surface area contributed by atoms with Gasteiger partial charge in [-0.05, 0) is 34.6 Å². The molecule has 1 aliphatic rings. The molecule has 0 N–H and O–H groups in total. The van der Waals surface area contributed by atoms with E-state index in [1.807, 2.05) is 34.6 Å². The van der Waals surface area contributed by atoms with Gasteiger partial charge >= 0.3 is 0 Å². The summed E-state index contributed by atoms with van der Waals surface area (Å²) in [6.45, 7) is 10.0. The lowest BCUT2D eigenvalue weighted by Crippen LogP contribution is -2.37. The Bertz CT molecular complexity index is 261. The maximum Gasteiger partial charge on any atom is 0.242 e. The van der Waals surface area contributed by atoms with E-state index in [2.05, 4.69) is 4.99 Å². The Balaban J connectivity index is 2.91. The van der Waals surface area contributed by atoms with Crippen molar-refractivity contribution >= 4 is 22.8 Å². The Hall–Kier alpha value is -0.510. The number of thioether (sulfide) groups is 1. The number of aliphatic imine (C=N–C) groups is 1. The highest BCUT2D eigenvalue weighted by molar-refractivity contribution is 8.15. The summed E-state index contributed by atoms with van der Waals surface area (Å²) in [5.41, 5.74) is 0. The van der Waals surface area contributed by atoms with Gasteiger partial charge in [0.05, 0.1) is 5.25 Å². The van der Waals surface area contributed by atoms with Crippen molar-refractivity contribution in [2.24, 2.45) is 4.99 Å². The molecule has 0 saturated carbocycles. The van der Waals surface area contributed by atoms with Crippen molar-refractivity contribution in [3.63, 3.8) is 0 Å². The van der Waals surface area contributed by atoms with E-state index in [0.717, 1.165) is 5.17 Å². The molecule has 3 nitrogen and oxygen atoms in total. The van der Waals surface area contributed by atoms with Gasteiger partial charge in [0.1, 0.15) is 0 Å². The molecule has 14 heavy (non-hydrogen) atoms.